The molecule has 1 aliphatic rings. The predicted octanol–water partition coefficient (Wildman–Crippen LogP) is 2.84. The molecule has 0 saturated carbocycles. The molecule has 2 atom stereocenters. The molecule has 2 N–H and O–H groups in total. The highest BCUT2D eigenvalue weighted by Gasteiger charge is 2.26. The molecule has 7 nitrogen and oxygen atoms in total. The normalized spacial score (nSPS) is 17.1. The van der Waals surface area contributed by atoms with E-state index in [1.165, 1.54) is 19.2 Å². The first-order valence-corrected chi connectivity index (χ1v) is 11.0. The molecule has 2 aromatic carbocycles. The first-order chi connectivity index (χ1) is 13.8. The summed E-state index contributed by atoms with van der Waals surface area (Å²) < 4.78 is 37.9. The number of methoxy groups -OCH3 is 1. The second-order valence-electron chi connectivity index (χ2n) is 6.96. The van der Waals surface area contributed by atoms with Gasteiger partial charge in [0.1, 0.15) is 12.4 Å². The smallest absolute Gasteiger partial charge is 0.240 e. The standard InChI is InChI=1S/C20H23ClN2O5S/c1-13(11-27-2)23-29(25,26)18-6-4-17(5-7-18)22-20(24)15-9-14-10-16(21)3-8-19(14)28-12-15/h3-8,10,13,15,23H,9,11-12H2,1-2H3,(H,22,24)/t13-,15+/m0/s1. The summed E-state index contributed by atoms with van der Waals surface area (Å²) in [6.45, 7) is 2.26. The number of benzene rings is 2. The number of fused-ring (bicyclic) bond motifs is 1. The topological polar surface area (TPSA) is 93.7 Å². The molecule has 3 rings (SSSR count). The van der Waals surface area contributed by atoms with E-state index in [9.17, 15) is 13.2 Å². The van der Waals surface area contributed by atoms with Gasteiger partial charge in [-0.2, -0.15) is 0 Å². The number of sulfonamides is 1. The Hall–Kier alpha value is -2.13. The van der Waals surface area contributed by atoms with Crippen LogP contribution in [0.5, 0.6) is 5.75 Å². The fourth-order valence-electron chi connectivity index (χ4n) is 3.11. The van der Waals surface area contributed by atoms with Crippen LogP contribution in [0.1, 0.15) is 12.5 Å². The van der Waals surface area contributed by atoms with E-state index < -0.39 is 10.0 Å². The summed E-state index contributed by atoms with van der Waals surface area (Å²) in [6.07, 6.45) is 0.523. The SMILES string of the molecule is COC[C@H](C)NS(=O)(=O)c1ccc(NC(=O)[C@H]2COc3ccc(Cl)cc3C2)cc1. The minimum absolute atomic E-state index is 0.114. The number of hydrogen-bond acceptors (Lipinski definition) is 5. The van der Waals surface area contributed by atoms with E-state index in [0.717, 1.165) is 11.3 Å². The number of ether oxygens (including phenoxy) is 2. The van der Waals surface area contributed by atoms with E-state index in [4.69, 9.17) is 21.1 Å². The zero-order valence-corrected chi connectivity index (χ0v) is 17.7. The Morgan fingerprint density at radius 3 is 2.69 bits per heavy atom. The molecule has 1 amide bonds. The fraction of sp³-hybridized carbons (Fsp3) is 0.350. The Kier molecular flexibility index (Phi) is 6.79. The molecule has 156 valence electrons. The molecule has 0 aromatic heterocycles. The Bertz CT molecular complexity index is 979. The van der Waals surface area contributed by atoms with Gasteiger partial charge < -0.3 is 14.8 Å². The van der Waals surface area contributed by atoms with Crippen LogP contribution in [-0.4, -0.2) is 40.7 Å². The van der Waals surface area contributed by atoms with Crippen LogP contribution >= 0.6 is 11.6 Å². The maximum absolute atomic E-state index is 12.6. The van der Waals surface area contributed by atoms with Crippen LogP contribution in [0.2, 0.25) is 5.02 Å². The van der Waals surface area contributed by atoms with Crippen molar-refractivity contribution in [2.45, 2.75) is 24.3 Å². The lowest BCUT2D eigenvalue weighted by Crippen LogP contribution is -2.35. The zero-order valence-electron chi connectivity index (χ0n) is 16.1. The number of carbonyl (C=O) groups is 1. The van der Waals surface area contributed by atoms with Crippen molar-refractivity contribution in [3.8, 4) is 5.75 Å². The summed E-state index contributed by atoms with van der Waals surface area (Å²) >= 11 is 6.02. The van der Waals surface area contributed by atoms with Gasteiger partial charge in [0.25, 0.3) is 0 Å². The van der Waals surface area contributed by atoms with Gasteiger partial charge in [-0.3, -0.25) is 4.79 Å². The molecule has 0 aliphatic carbocycles. The molecule has 0 spiro atoms. The fourth-order valence-corrected chi connectivity index (χ4v) is 4.53. The van der Waals surface area contributed by atoms with Crippen LogP contribution < -0.4 is 14.8 Å². The van der Waals surface area contributed by atoms with Crippen molar-refractivity contribution in [2.75, 3.05) is 25.6 Å². The number of halogens is 1. The molecule has 0 fully saturated rings. The molecule has 0 radical (unpaired) electrons. The van der Waals surface area contributed by atoms with Crippen LogP contribution in [0.15, 0.2) is 47.4 Å². The molecular formula is C20H23ClN2O5S. The third-order valence-electron chi connectivity index (χ3n) is 4.50. The number of nitrogens with one attached hydrogen (secondary N) is 2. The number of amides is 1. The highest BCUT2D eigenvalue weighted by atomic mass is 35.5. The van der Waals surface area contributed by atoms with Crippen molar-refractivity contribution in [1.29, 1.82) is 0 Å². The molecule has 1 heterocycles. The number of carbonyl (C=O) groups excluding carboxylic acids is 1. The first kappa shape index (κ1) is 21.6. The Morgan fingerprint density at radius 1 is 1.28 bits per heavy atom. The van der Waals surface area contributed by atoms with Crippen molar-refractivity contribution in [3.05, 3.63) is 53.1 Å². The van der Waals surface area contributed by atoms with Gasteiger partial charge in [0.15, 0.2) is 0 Å². The molecule has 0 unspecified atom stereocenters. The van der Waals surface area contributed by atoms with Crippen LogP contribution in [0.3, 0.4) is 0 Å². The average molecular weight is 439 g/mol. The lowest BCUT2D eigenvalue weighted by Gasteiger charge is -2.24. The lowest BCUT2D eigenvalue weighted by molar-refractivity contribution is -0.121. The molecule has 29 heavy (non-hydrogen) atoms. The van der Waals surface area contributed by atoms with E-state index in [-0.39, 0.29) is 36.0 Å². The van der Waals surface area contributed by atoms with Gasteiger partial charge in [0.05, 0.1) is 17.4 Å². The Morgan fingerprint density at radius 2 is 2.00 bits per heavy atom. The molecule has 9 heteroatoms. The van der Waals surface area contributed by atoms with E-state index in [2.05, 4.69) is 10.0 Å². The van der Waals surface area contributed by atoms with Crippen molar-refractivity contribution in [2.24, 2.45) is 5.92 Å². The molecule has 0 bridgehead atoms. The largest absolute Gasteiger partial charge is 0.492 e. The van der Waals surface area contributed by atoms with E-state index in [1.807, 2.05) is 0 Å². The molecular weight excluding hydrogens is 416 g/mol. The van der Waals surface area contributed by atoms with Gasteiger partial charge in [0, 0.05) is 23.9 Å². The van der Waals surface area contributed by atoms with Gasteiger partial charge in [-0.15, -0.1) is 0 Å². The van der Waals surface area contributed by atoms with E-state index >= 15 is 0 Å². The van der Waals surface area contributed by atoms with Crippen molar-refractivity contribution >= 4 is 33.2 Å². The zero-order chi connectivity index (χ0) is 21.0. The summed E-state index contributed by atoms with van der Waals surface area (Å²) in [5.41, 5.74) is 1.40. The second kappa shape index (κ2) is 9.13. The third kappa shape index (κ3) is 5.48. The first-order valence-electron chi connectivity index (χ1n) is 9.12. The Balaban J connectivity index is 1.63. The summed E-state index contributed by atoms with van der Waals surface area (Å²) in [4.78, 5) is 12.7. The van der Waals surface area contributed by atoms with Crippen molar-refractivity contribution < 1.29 is 22.7 Å². The van der Waals surface area contributed by atoms with Crippen LogP contribution in [0.25, 0.3) is 0 Å². The minimum atomic E-state index is -3.66. The van der Waals surface area contributed by atoms with E-state index in [0.29, 0.717) is 17.1 Å². The van der Waals surface area contributed by atoms with Gasteiger partial charge in [-0.25, -0.2) is 13.1 Å². The quantitative estimate of drug-likeness (QED) is 0.693. The maximum Gasteiger partial charge on any atom is 0.240 e. The summed E-state index contributed by atoms with van der Waals surface area (Å²) in [6, 6.07) is 11.0. The van der Waals surface area contributed by atoms with Gasteiger partial charge >= 0.3 is 0 Å². The number of anilines is 1. The van der Waals surface area contributed by atoms with Gasteiger partial charge in [-0.1, -0.05) is 11.6 Å². The van der Waals surface area contributed by atoms with Crippen LogP contribution in [-0.2, 0) is 26.0 Å². The second-order valence-corrected chi connectivity index (χ2v) is 9.11. The molecule has 2 aromatic rings. The summed E-state index contributed by atoms with van der Waals surface area (Å²) in [5, 5.41) is 3.41. The number of rotatable bonds is 7. The average Bonchev–Trinajstić information content (AvgIpc) is 2.67. The monoisotopic (exact) mass is 438 g/mol. The third-order valence-corrected chi connectivity index (χ3v) is 6.35. The summed E-state index contributed by atoms with van der Waals surface area (Å²) in [7, 11) is -2.15. The van der Waals surface area contributed by atoms with Crippen molar-refractivity contribution in [3.63, 3.8) is 0 Å². The van der Waals surface area contributed by atoms with Crippen LogP contribution in [0.4, 0.5) is 5.69 Å². The van der Waals surface area contributed by atoms with E-state index in [1.54, 1.807) is 37.3 Å². The van der Waals surface area contributed by atoms with Crippen LogP contribution in [0, 0.1) is 5.92 Å². The summed E-state index contributed by atoms with van der Waals surface area (Å²) in [5.74, 6) is 0.183. The van der Waals surface area contributed by atoms with Gasteiger partial charge in [-0.05, 0) is 61.4 Å². The molecule has 1 aliphatic heterocycles. The Labute approximate surface area is 175 Å². The minimum Gasteiger partial charge on any atom is -0.492 e. The lowest BCUT2D eigenvalue weighted by atomic mass is 9.96. The van der Waals surface area contributed by atoms with Crippen molar-refractivity contribution in [1.82, 2.24) is 4.72 Å². The highest BCUT2D eigenvalue weighted by molar-refractivity contribution is 7.89. The molecule has 0 saturated heterocycles. The predicted molar refractivity (Wildman–Crippen MR) is 111 cm³/mol. The number of hydrogen-bond donors (Lipinski definition) is 2. The maximum atomic E-state index is 12.6. The highest BCUT2D eigenvalue weighted by Crippen LogP contribution is 2.30. The van der Waals surface area contributed by atoms with Gasteiger partial charge in [0.2, 0.25) is 15.9 Å².